The van der Waals surface area contributed by atoms with E-state index in [1.165, 1.54) is 6.20 Å². The fraction of sp³-hybridized carbons (Fsp3) is 0.133. The number of fused-ring (bicyclic) bond motifs is 1. The molecule has 3 aromatic rings. The van der Waals surface area contributed by atoms with Crippen molar-refractivity contribution in [3.63, 3.8) is 0 Å². The Balaban J connectivity index is 1.90. The molecule has 106 valence electrons. The van der Waals surface area contributed by atoms with Crippen LogP contribution in [0.5, 0.6) is 0 Å². The van der Waals surface area contributed by atoms with Crippen LogP contribution in [0.4, 0.5) is 5.69 Å². The molecule has 0 amide bonds. The zero-order valence-corrected chi connectivity index (χ0v) is 11.2. The average Bonchev–Trinajstić information content (AvgIpc) is 3.00. The SMILES string of the molecule is O=C(O)c1cnc2ccccc2c1NCCn1cccn1. The number of nitrogens with one attached hydrogen (secondary N) is 1. The molecule has 0 bridgehead atoms. The van der Waals surface area contributed by atoms with Crippen molar-refractivity contribution in [3.8, 4) is 0 Å². The molecule has 3 rings (SSSR count). The van der Waals surface area contributed by atoms with Gasteiger partial charge < -0.3 is 10.4 Å². The molecular weight excluding hydrogens is 268 g/mol. The van der Waals surface area contributed by atoms with E-state index in [1.807, 2.05) is 36.5 Å². The molecule has 0 fully saturated rings. The summed E-state index contributed by atoms with van der Waals surface area (Å²) in [6.07, 6.45) is 4.97. The number of hydrogen-bond acceptors (Lipinski definition) is 4. The molecule has 6 heteroatoms. The summed E-state index contributed by atoms with van der Waals surface area (Å²) >= 11 is 0. The highest BCUT2D eigenvalue weighted by atomic mass is 16.4. The molecule has 0 aliphatic rings. The first-order valence-electron chi connectivity index (χ1n) is 6.58. The number of hydrogen-bond donors (Lipinski definition) is 2. The zero-order valence-electron chi connectivity index (χ0n) is 11.2. The van der Waals surface area contributed by atoms with Crippen molar-refractivity contribution in [3.05, 3.63) is 54.5 Å². The summed E-state index contributed by atoms with van der Waals surface area (Å²) in [4.78, 5) is 15.5. The fourth-order valence-corrected chi connectivity index (χ4v) is 2.22. The van der Waals surface area contributed by atoms with Crippen molar-refractivity contribution in [1.82, 2.24) is 14.8 Å². The van der Waals surface area contributed by atoms with Gasteiger partial charge in [-0.3, -0.25) is 9.67 Å². The Kier molecular flexibility index (Phi) is 3.51. The number of carbonyl (C=O) groups is 1. The summed E-state index contributed by atoms with van der Waals surface area (Å²) in [5.74, 6) is -0.991. The third kappa shape index (κ3) is 2.69. The van der Waals surface area contributed by atoms with Crippen LogP contribution >= 0.6 is 0 Å². The molecule has 0 aliphatic heterocycles. The number of rotatable bonds is 5. The van der Waals surface area contributed by atoms with E-state index in [9.17, 15) is 9.90 Å². The zero-order chi connectivity index (χ0) is 14.7. The van der Waals surface area contributed by atoms with Gasteiger partial charge in [0.2, 0.25) is 0 Å². The Bertz CT molecular complexity index is 768. The molecule has 0 atom stereocenters. The number of benzene rings is 1. The second kappa shape index (κ2) is 5.62. The van der Waals surface area contributed by atoms with Crippen molar-refractivity contribution in [2.75, 3.05) is 11.9 Å². The van der Waals surface area contributed by atoms with Gasteiger partial charge in [0, 0.05) is 30.5 Å². The van der Waals surface area contributed by atoms with Crippen LogP contribution in [0.2, 0.25) is 0 Å². The first-order valence-corrected chi connectivity index (χ1v) is 6.58. The lowest BCUT2D eigenvalue weighted by Gasteiger charge is -2.12. The normalized spacial score (nSPS) is 10.7. The minimum atomic E-state index is -0.991. The molecule has 0 radical (unpaired) electrons. The molecule has 6 nitrogen and oxygen atoms in total. The lowest BCUT2D eigenvalue weighted by molar-refractivity contribution is 0.0697. The summed E-state index contributed by atoms with van der Waals surface area (Å²) in [6.45, 7) is 1.23. The summed E-state index contributed by atoms with van der Waals surface area (Å²) < 4.78 is 1.79. The molecule has 0 saturated carbocycles. The van der Waals surface area contributed by atoms with E-state index in [-0.39, 0.29) is 5.56 Å². The summed E-state index contributed by atoms with van der Waals surface area (Å²) in [7, 11) is 0. The van der Waals surface area contributed by atoms with Gasteiger partial charge >= 0.3 is 5.97 Å². The van der Waals surface area contributed by atoms with Crippen molar-refractivity contribution in [2.24, 2.45) is 0 Å². The van der Waals surface area contributed by atoms with Gasteiger partial charge in [-0.2, -0.15) is 5.10 Å². The topological polar surface area (TPSA) is 80.0 Å². The van der Waals surface area contributed by atoms with Crippen LogP contribution < -0.4 is 5.32 Å². The van der Waals surface area contributed by atoms with E-state index in [0.29, 0.717) is 18.8 Å². The minimum absolute atomic E-state index is 0.175. The molecule has 1 aromatic carbocycles. The number of aromatic carboxylic acids is 1. The smallest absolute Gasteiger partial charge is 0.339 e. The van der Waals surface area contributed by atoms with Crippen LogP contribution in [-0.2, 0) is 6.54 Å². The van der Waals surface area contributed by atoms with Crippen LogP contribution in [-0.4, -0.2) is 32.4 Å². The van der Waals surface area contributed by atoms with Crippen LogP contribution in [0.3, 0.4) is 0 Å². The van der Waals surface area contributed by atoms with Gasteiger partial charge in [-0.05, 0) is 12.1 Å². The minimum Gasteiger partial charge on any atom is -0.478 e. The summed E-state index contributed by atoms with van der Waals surface area (Å²) in [6, 6.07) is 9.33. The Morgan fingerprint density at radius 3 is 2.90 bits per heavy atom. The van der Waals surface area contributed by atoms with E-state index in [0.717, 1.165) is 10.9 Å². The van der Waals surface area contributed by atoms with Gasteiger partial charge in [0.05, 0.1) is 17.7 Å². The molecule has 2 heterocycles. The number of anilines is 1. The second-order valence-electron chi connectivity index (χ2n) is 4.57. The predicted molar refractivity (Wildman–Crippen MR) is 79.4 cm³/mol. The first kappa shape index (κ1) is 13.1. The standard InChI is InChI=1S/C15H14N4O2/c20-15(21)12-10-17-13-5-2-1-4-11(13)14(12)16-7-9-19-8-3-6-18-19/h1-6,8,10H,7,9H2,(H,16,17)(H,20,21). The van der Waals surface area contributed by atoms with Crippen LogP contribution in [0.1, 0.15) is 10.4 Å². The van der Waals surface area contributed by atoms with E-state index in [1.54, 1.807) is 10.9 Å². The molecule has 2 N–H and O–H groups in total. The Morgan fingerprint density at radius 1 is 1.29 bits per heavy atom. The third-order valence-corrected chi connectivity index (χ3v) is 3.21. The number of para-hydroxylation sites is 1. The number of pyridine rings is 1. The number of carboxylic acids is 1. The monoisotopic (exact) mass is 282 g/mol. The van der Waals surface area contributed by atoms with Crippen molar-refractivity contribution in [1.29, 1.82) is 0 Å². The average molecular weight is 282 g/mol. The van der Waals surface area contributed by atoms with Crippen LogP contribution in [0.15, 0.2) is 48.9 Å². The molecule has 21 heavy (non-hydrogen) atoms. The van der Waals surface area contributed by atoms with E-state index in [2.05, 4.69) is 15.4 Å². The number of aromatic nitrogens is 3. The number of carboxylic acid groups (broad SMARTS) is 1. The highest BCUT2D eigenvalue weighted by Gasteiger charge is 2.13. The van der Waals surface area contributed by atoms with Crippen LogP contribution in [0.25, 0.3) is 10.9 Å². The van der Waals surface area contributed by atoms with E-state index >= 15 is 0 Å². The molecule has 0 aliphatic carbocycles. The van der Waals surface area contributed by atoms with Crippen molar-refractivity contribution >= 4 is 22.6 Å². The Morgan fingerprint density at radius 2 is 2.14 bits per heavy atom. The Hall–Kier alpha value is -2.89. The Labute approximate surface area is 121 Å². The van der Waals surface area contributed by atoms with Gasteiger partial charge in [0.25, 0.3) is 0 Å². The summed E-state index contributed by atoms with van der Waals surface area (Å²) in [5, 5.41) is 17.4. The first-order chi connectivity index (χ1) is 10.3. The van der Waals surface area contributed by atoms with E-state index in [4.69, 9.17) is 0 Å². The lowest BCUT2D eigenvalue weighted by Crippen LogP contribution is -2.14. The lowest BCUT2D eigenvalue weighted by atomic mass is 10.1. The van der Waals surface area contributed by atoms with Gasteiger partial charge in [-0.1, -0.05) is 18.2 Å². The van der Waals surface area contributed by atoms with Gasteiger partial charge in [-0.25, -0.2) is 4.79 Å². The third-order valence-electron chi connectivity index (χ3n) is 3.21. The summed E-state index contributed by atoms with van der Waals surface area (Å²) in [5.41, 5.74) is 1.54. The van der Waals surface area contributed by atoms with Gasteiger partial charge in [-0.15, -0.1) is 0 Å². The maximum atomic E-state index is 11.4. The van der Waals surface area contributed by atoms with Crippen molar-refractivity contribution < 1.29 is 9.90 Å². The van der Waals surface area contributed by atoms with Gasteiger partial charge in [0.1, 0.15) is 5.56 Å². The molecule has 0 saturated heterocycles. The molecular formula is C15H14N4O2. The van der Waals surface area contributed by atoms with Crippen LogP contribution in [0, 0.1) is 0 Å². The quantitative estimate of drug-likeness (QED) is 0.750. The maximum Gasteiger partial charge on any atom is 0.339 e. The van der Waals surface area contributed by atoms with Gasteiger partial charge in [0.15, 0.2) is 0 Å². The fourth-order valence-electron chi connectivity index (χ4n) is 2.22. The second-order valence-corrected chi connectivity index (χ2v) is 4.57. The maximum absolute atomic E-state index is 11.4. The predicted octanol–water partition coefficient (Wildman–Crippen LogP) is 2.24. The molecule has 0 unspecified atom stereocenters. The molecule has 0 spiro atoms. The molecule has 2 aromatic heterocycles. The van der Waals surface area contributed by atoms with Crippen molar-refractivity contribution in [2.45, 2.75) is 6.54 Å². The highest BCUT2D eigenvalue weighted by Crippen LogP contribution is 2.25. The van der Waals surface area contributed by atoms with E-state index < -0.39 is 5.97 Å². The largest absolute Gasteiger partial charge is 0.478 e. The number of nitrogens with zero attached hydrogens (tertiary/aromatic N) is 3. The highest BCUT2D eigenvalue weighted by molar-refractivity contribution is 6.04.